The van der Waals surface area contributed by atoms with Crippen LogP contribution >= 0.6 is 22.6 Å². The second-order valence-corrected chi connectivity index (χ2v) is 16.2. The highest BCUT2D eigenvalue weighted by Crippen LogP contribution is 2.40. The normalized spacial score (nSPS) is 23.7. The van der Waals surface area contributed by atoms with E-state index in [1.54, 1.807) is 0 Å². The molecule has 0 aliphatic carbocycles. The summed E-state index contributed by atoms with van der Waals surface area (Å²) in [4.78, 5) is 0. The monoisotopic (exact) mass is 532 g/mol. The average Bonchev–Trinajstić information content (AvgIpc) is 3.15. The summed E-state index contributed by atoms with van der Waals surface area (Å²) >= 11 is 2.58. The zero-order chi connectivity index (χ0) is 21.7. The van der Waals surface area contributed by atoms with Gasteiger partial charge in [-0.3, -0.25) is 0 Å². The third-order valence-electron chi connectivity index (χ3n) is 6.58. The molecule has 1 aliphatic rings. The van der Waals surface area contributed by atoms with Gasteiger partial charge in [0.15, 0.2) is 8.32 Å². The van der Waals surface area contributed by atoms with Gasteiger partial charge in [-0.25, -0.2) is 0 Å². The van der Waals surface area contributed by atoms with E-state index in [2.05, 4.69) is 94.6 Å². The minimum Gasteiger partial charge on any atom is -0.413 e. The molecule has 0 spiro atoms. The standard InChI is InChI=1S/C24H41IO3Si/c1-8-20(28-29(6,7)24(3,4)5)23(25)22-15-14-21(27-22)18(2)16-26-17-19-12-10-9-11-13-19/h9-13,18,20-23H,8,14-17H2,1-7H3/t18-,20-,21+,22-,23+/m1/s1. The van der Waals surface area contributed by atoms with E-state index in [0.717, 1.165) is 25.9 Å². The predicted molar refractivity (Wildman–Crippen MR) is 133 cm³/mol. The third kappa shape index (κ3) is 7.30. The quantitative estimate of drug-likeness (QED) is 0.185. The molecule has 0 bridgehead atoms. The number of hydrogen-bond acceptors (Lipinski definition) is 3. The molecular weight excluding hydrogens is 491 g/mol. The first-order valence-corrected chi connectivity index (χ1v) is 15.3. The minimum absolute atomic E-state index is 0.237. The van der Waals surface area contributed by atoms with Crippen LogP contribution in [0.4, 0.5) is 0 Å². The van der Waals surface area contributed by atoms with E-state index < -0.39 is 8.32 Å². The Hall–Kier alpha value is 0.0469. The zero-order valence-corrected chi connectivity index (χ0v) is 22.6. The van der Waals surface area contributed by atoms with Crippen molar-refractivity contribution in [2.24, 2.45) is 5.92 Å². The van der Waals surface area contributed by atoms with Gasteiger partial charge in [0.25, 0.3) is 0 Å². The lowest BCUT2D eigenvalue weighted by Gasteiger charge is -2.41. The van der Waals surface area contributed by atoms with E-state index in [4.69, 9.17) is 13.9 Å². The number of hydrogen-bond donors (Lipinski definition) is 0. The van der Waals surface area contributed by atoms with Crippen molar-refractivity contribution in [3.05, 3.63) is 35.9 Å². The number of benzene rings is 1. The van der Waals surface area contributed by atoms with Gasteiger partial charge in [0.2, 0.25) is 0 Å². The molecule has 0 N–H and O–H groups in total. The summed E-state index contributed by atoms with van der Waals surface area (Å²) in [6, 6.07) is 10.4. The van der Waals surface area contributed by atoms with Crippen molar-refractivity contribution in [1.82, 2.24) is 0 Å². The highest BCUT2D eigenvalue weighted by Gasteiger charge is 2.43. The van der Waals surface area contributed by atoms with Crippen LogP contribution in [0.15, 0.2) is 30.3 Å². The van der Waals surface area contributed by atoms with E-state index in [-0.39, 0.29) is 17.2 Å². The second kappa shape index (κ2) is 11.1. The Labute approximate surface area is 193 Å². The van der Waals surface area contributed by atoms with Gasteiger partial charge in [-0.1, -0.05) is 87.5 Å². The van der Waals surface area contributed by atoms with E-state index in [0.29, 0.717) is 22.6 Å². The van der Waals surface area contributed by atoms with Gasteiger partial charge in [-0.05, 0) is 43.0 Å². The van der Waals surface area contributed by atoms with Gasteiger partial charge in [0.05, 0.1) is 35.5 Å². The maximum Gasteiger partial charge on any atom is 0.192 e. The van der Waals surface area contributed by atoms with Gasteiger partial charge in [-0.2, -0.15) is 0 Å². The topological polar surface area (TPSA) is 27.7 Å². The Bertz CT molecular complexity index is 602. The highest BCUT2D eigenvalue weighted by atomic mass is 127. The smallest absolute Gasteiger partial charge is 0.192 e. The highest BCUT2D eigenvalue weighted by molar-refractivity contribution is 14.1. The van der Waals surface area contributed by atoms with E-state index in [1.807, 2.05) is 6.07 Å². The molecule has 0 radical (unpaired) electrons. The largest absolute Gasteiger partial charge is 0.413 e. The molecule has 2 rings (SSSR count). The second-order valence-electron chi connectivity index (χ2n) is 10.0. The summed E-state index contributed by atoms with van der Waals surface area (Å²) in [7, 11) is -1.77. The lowest BCUT2D eigenvalue weighted by atomic mass is 10.0. The first kappa shape index (κ1) is 25.3. The Morgan fingerprint density at radius 3 is 2.34 bits per heavy atom. The summed E-state index contributed by atoms with van der Waals surface area (Å²) < 4.78 is 19.6. The molecule has 1 saturated heterocycles. The van der Waals surface area contributed by atoms with Crippen LogP contribution in [-0.4, -0.2) is 37.2 Å². The van der Waals surface area contributed by atoms with Crippen molar-refractivity contribution in [2.75, 3.05) is 6.61 Å². The van der Waals surface area contributed by atoms with Crippen LogP contribution in [0.5, 0.6) is 0 Å². The molecule has 0 saturated carbocycles. The zero-order valence-electron chi connectivity index (χ0n) is 19.4. The number of halogens is 1. The lowest BCUT2D eigenvalue weighted by Crippen LogP contribution is -2.48. The van der Waals surface area contributed by atoms with Crippen LogP contribution in [-0.2, 0) is 20.5 Å². The summed E-state index contributed by atoms with van der Waals surface area (Å²) in [5, 5.41) is 0.237. The Morgan fingerprint density at radius 1 is 1.14 bits per heavy atom. The van der Waals surface area contributed by atoms with Crippen molar-refractivity contribution < 1.29 is 13.9 Å². The predicted octanol–water partition coefficient (Wildman–Crippen LogP) is 6.99. The molecule has 0 aromatic heterocycles. The molecule has 166 valence electrons. The van der Waals surface area contributed by atoms with Crippen molar-refractivity contribution in [3.63, 3.8) is 0 Å². The fourth-order valence-corrected chi connectivity index (χ4v) is 6.44. The van der Waals surface area contributed by atoms with Crippen molar-refractivity contribution in [3.8, 4) is 0 Å². The van der Waals surface area contributed by atoms with Crippen LogP contribution < -0.4 is 0 Å². The average molecular weight is 533 g/mol. The summed E-state index contributed by atoms with van der Waals surface area (Å²) in [6.45, 7) is 17.6. The Morgan fingerprint density at radius 2 is 1.76 bits per heavy atom. The summed E-state index contributed by atoms with van der Waals surface area (Å²) in [5.41, 5.74) is 1.23. The van der Waals surface area contributed by atoms with Crippen molar-refractivity contribution in [1.29, 1.82) is 0 Å². The molecule has 1 aliphatic heterocycles. The molecule has 0 unspecified atom stereocenters. The minimum atomic E-state index is -1.77. The number of alkyl halides is 1. The first-order chi connectivity index (χ1) is 13.5. The fourth-order valence-electron chi connectivity index (χ4n) is 3.55. The van der Waals surface area contributed by atoms with Gasteiger partial charge < -0.3 is 13.9 Å². The Balaban J connectivity index is 1.83. The molecule has 5 atom stereocenters. The molecule has 1 heterocycles. The molecule has 5 heteroatoms. The maximum absolute atomic E-state index is 6.76. The van der Waals surface area contributed by atoms with Gasteiger partial charge in [-0.15, -0.1) is 0 Å². The molecule has 29 heavy (non-hydrogen) atoms. The third-order valence-corrected chi connectivity index (χ3v) is 12.7. The summed E-state index contributed by atoms with van der Waals surface area (Å²) in [6.07, 6.45) is 4.13. The van der Waals surface area contributed by atoms with Crippen molar-refractivity contribution in [2.45, 2.75) is 101 Å². The van der Waals surface area contributed by atoms with Crippen LogP contribution in [0, 0.1) is 5.92 Å². The maximum atomic E-state index is 6.76. The molecule has 1 aromatic rings. The van der Waals surface area contributed by atoms with E-state index >= 15 is 0 Å². The number of rotatable bonds is 10. The summed E-state index contributed by atoms with van der Waals surface area (Å²) in [5.74, 6) is 0.411. The SMILES string of the molecule is CC[C@@H](O[Si](C)(C)C(C)(C)C)[C@H](I)[C@H]1CC[C@@H]([C@H](C)COCc2ccccc2)O1. The molecule has 0 amide bonds. The molecule has 3 nitrogen and oxygen atoms in total. The lowest BCUT2D eigenvalue weighted by molar-refractivity contribution is -0.0264. The van der Waals surface area contributed by atoms with Crippen LogP contribution in [0.25, 0.3) is 0 Å². The van der Waals surface area contributed by atoms with Gasteiger partial charge in [0, 0.05) is 5.92 Å². The molecule has 1 aromatic carbocycles. The number of ether oxygens (including phenoxy) is 2. The fraction of sp³-hybridized carbons (Fsp3) is 0.750. The van der Waals surface area contributed by atoms with Crippen LogP contribution in [0.1, 0.15) is 59.4 Å². The molecule has 1 fully saturated rings. The van der Waals surface area contributed by atoms with E-state index in [1.165, 1.54) is 5.56 Å². The first-order valence-electron chi connectivity index (χ1n) is 11.1. The van der Waals surface area contributed by atoms with Crippen LogP contribution in [0.2, 0.25) is 18.1 Å². The van der Waals surface area contributed by atoms with Gasteiger partial charge in [0.1, 0.15) is 0 Å². The van der Waals surface area contributed by atoms with Crippen LogP contribution in [0.3, 0.4) is 0 Å². The van der Waals surface area contributed by atoms with Gasteiger partial charge >= 0.3 is 0 Å². The van der Waals surface area contributed by atoms with E-state index in [9.17, 15) is 0 Å². The Kier molecular flexibility index (Phi) is 9.66. The van der Waals surface area contributed by atoms with Crippen molar-refractivity contribution >= 4 is 30.9 Å². The molecular formula is C24H41IO3Si.